The third kappa shape index (κ3) is 50.7. The lowest BCUT2D eigenvalue weighted by molar-refractivity contribution is -0.145. The third-order valence-corrected chi connectivity index (χ3v) is 13.3. The fourth-order valence-corrected chi connectivity index (χ4v) is 8.53. The van der Waals surface area contributed by atoms with E-state index >= 15 is 0 Å². The van der Waals surface area contributed by atoms with Gasteiger partial charge in [-0.05, 0) is 65.2 Å². The maximum atomic E-state index is 12.3. The van der Waals surface area contributed by atoms with Crippen molar-refractivity contribution < 1.29 is 97.2 Å². The van der Waals surface area contributed by atoms with E-state index in [-0.39, 0.29) is 127 Å². The van der Waals surface area contributed by atoms with Crippen molar-refractivity contribution in [1.29, 1.82) is 0 Å². The predicted molar refractivity (Wildman–Crippen MR) is 307 cm³/mol. The maximum absolute atomic E-state index is 12.3. The number of amides is 4. The first-order chi connectivity index (χ1) is 39.7. The number of carbonyl (C=O) groups excluding carboxylic acids is 7. The molecule has 480 valence electrons. The zero-order chi connectivity index (χ0) is 62.5. The summed E-state index contributed by atoms with van der Waals surface area (Å²) in [5, 5.41) is 56.0. The van der Waals surface area contributed by atoms with Crippen molar-refractivity contribution in [1.82, 2.24) is 21.3 Å². The quantitative estimate of drug-likeness (QED) is 0.0282. The molecule has 0 saturated carbocycles. The lowest BCUT2D eigenvalue weighted by Gasteiger charge is -2.16. The number of ketones is 3. The molecule has 0 bridgehead atoms. The molecule has 4 amide bonds. The van der Waals surface area contributed by atoms with Crippen LogP contribution in [0.3, 0.4) is 0 Å². The molecule has 25 heteroatoms. The summed E-state index contributed by atoms with van der Waals surface area (Å²) in [6.45, 7) is 7.02. The van der Waals surface area contributed by atoms with Crippen LogP contribution in [0.25, 0.3) is 0 Å². The van der Waals surface area contributed by atoms with Gasteiger partial charge in [-0.1, -0.05) is 90.4 Å². The first-order valence-electron chi connectivity index (χ1n) is 30.0. The average molecular weight is 1190 g/mol. The Bertz CT molecular complexity index is 1840. The molecular formula is C58H103N5O20. The Labute approximate surface area is 490 Å². The highest BCUT2D eigenvalue weighted by Crippen LogP contribution is 2.18. The number of nitrogens with two attached hydrogens (primary N) is 1. The lowest BCUT2D eigenvalue weighted by atomic mass is 9.94. The first kappa shape index (κ1) is 79.6. The van der Waals surface area contributed by atoms with E-state index < -0.39 is 72.1 Å². The third-order valence-electron chi connectivity index (χ3n) is 13.3. The monoisotopic (exact) mass is 1190 g/mol. The van der Waals surface area contributed by atoms with Crippen LogP contribution in [0.5, 0.6) is 0 Å². The second-order valence-corrected chi connectivity index (χ2v) is 20.6. The van der Waals surface area contributed by atoms with Gasteiger partial charge in [-0.3, -0.25) is 47.9 Å². The van der Waals surface area contributed by atoms with Crippen LogP contribution in [0.2, 0.25) is 0 Å². The van der Waals surface area contributed by atoms with Gasteiger partial charge in [0.15, 0.2) is 11.6 Å². The van der Waals surface area contributed by atoms with Crippen molar-refractivity contribution in [3.05, 3.63) is 0 Å². The number of aliphatic hydroxyl groups is 1. The van der Waals surface area contributed by atoms with E-state index in [2.05, 4.69) is 21.3 Å². The van der Waals surface area contributed by atoms with Crippen LogP contribution >= 0.6 is 0 Å². The summed E-state index contributed by atoms with van der Waals surface area (Å²) in [7, 11) is 0. The van der Waals surface area contributed by atoms with E-state index in [4.69, 9.17) is 34.9 Å². The number of aliphatic carboxylic acids is 4. The van der Waals surface area contributed by atoms with Crippen LogP contribution in [0.1, 0.15) is 201 Å². The molecule has 0 spiro atoms. The number of likely N-dealkylation sites (N-methyl/N-ethyl adjacent to an activating group) is 1. The van der Waals surface area contributed by atoms with Crippen LogP contribution in [0.4, 0.5) is 0 Å². The number of rotatable bonds is 57. The molecule has 83 heavy (non-hydrogen) atoms. The molecule has 0 heterocycles. The minimum Gasteiger partial charge on any atom is -0.481 e. The van der Waals surface area contributed by atoms with E-state index in [1.807, 2.05) is 20.8 Å². The zero-order valence-electron chi connectivity index (χ0n) is 49.9. The van der Waals surface area contributed by atoms with Gasteiger partial charge in [0.2, 0.25) is 23.6 Å². The Balaban J connectivity index is 0. The van der Waals surface area contributed by atoms with E-state index in [1.54, 1.807) is 0 Å². The Hall–Kier alpha value is -5.47. The average Bonchev–Trinajstić information content (AvgIpc) is 3.43. The van der Waals surface area contributed by atoms with E-state index in [0.717, 1.165) is 44.9 Å². The summed E-state index contributed by atoms with van der Waals surface area (Å²) < 4.78 is 20.7. The standard InChI is InChI=1S/C32H59N3O9.C26H44N2O11/c1-2-34-30(38)25-44-22-21-43-24-28(33)35-29(37)20-19-26(32(41)42)23-27(36)17-15-13-11-9-7-5-3-4-6-8-10-12-14-16-18-31(39)40;1-3-18(22(31)16-29)7-5-6-12-27-23(32)11-9-21(26(36)37)28-24(33)10-8-19(25(34)35)15-20(30)17-39-14-13-38-4-2/h26,28H,2-25,33H2,1H3,(H,34,38)(H,35,37)(H,39,40)(H,41,42);18-19,21,29H,3-17H2,1-2H3,(H,27,32)(H,28,33)(H,34,35)(H,36,37)/t26-,28?;18-,19+,21-/m10/s1. The highest BCUT2D eigenvalue weighted by Gasteiger charge is 2.26. The van der Waals surface area contributed by atoms with E-state index in [9.17, 15) is 68.1 Å². The van der Waals surface area contributed by atoms with Gasteiger partial charge in [-0.25, -0.2) is 4.79 Å². The number of carboxylic acid groups (broad SMARTS) is 4. The van der Waals surface area contributed by atoms with Gasteiger partial charge in [-0.15, -0.1) is 0 Å². The molecule has 0 radical (unpaired) electrons. The topological polar surface area (TPSA) is 400 Å². The second kappa shape index (κ2) is 54.5. The van der Waals surface area contributed by atoms with Crippen molar-refractivity contribution in [3.8, 4) is 0 Å². The number of hydrogen-bond donors (Lipinski definition) is 10. The number of nitrogens with one attached hydrogen (secondary N) is 4. The fourth-order valence-electron chi connectivity index (χ4n) is 8.53. The van der Waals surface area contributed by atoms with Crippen LogP contribution in [0.15, 0.2) is 0 Å². The molecule has 11 N–H and O–H groups in total. The largest absolute Gasteiger partial charge is 0.481 e. The van der Waals surface area contributed by atoms with E-state index in [1.165, 1.54) is 44.9 Å². The van der Waals surface area contributed by atoms with Crippen LogP contribution in [0, 0.1) is 17.8 Å². The zero-order valence-corrected chi connectivity index (χ0v) is 49.9. The highest BCUT2D eigenvalue weighted by atomic mass is 16.5. The Morgan fingerprint density at radius 3 is 1.42 bits per heavy atom. The van der Waals surface area contributed by atoms with Gasteiger partial charge < -0.3 is 71.5 Å². The highest BCUT2D eigenvalue weighted by molar-refractivity contribution is 5.87. The Kier molecular flexibility index (Phi) is 52.2. The molecule has 25 nitrogen and oxygen atoms in total. The lowest BCUT2D eigenvalue weighted by Crippen LogP contribution is -2.45. The normalized spacial score (nSPS) is 12.8. The summed E-state index contributed by atoms with van der Waals surface area (Å²) in [4.78, 5) is 129. The minimum atomic E-state index is -1.33. The van der Waals surface area contributed by atoms with Gasteiger partial charge >= 0.3 is 23.9 Å². The summed E-state index contributed by atoms with van der Waals surface area (Å²) in [6.07, 6.45) is 16.6. The molecule has 0 rings (SSSR count). The molecular weight excluding hydrogens is 1090 g/mol. The van der Waals surface area contributed by atoms with Gasteiger partial charge in [-0.2, -0.15) is 0 Å². The van der Waals surface area contributed by atoms with Gasteiger partial charge in [0.25, 0.3) is 0 Å². The number of unbranched alkanes of at least 4 members (excludes halogenated alkanes) is 14. The number of ether oxygens (including phenoxy) is 4. The van der Waals surface area contributed by atoms with Crippen molar-refractivity contribution in [2.24, 2.45) is 23.5 Å². The molecule has 0 aliphatic rings. The molecule has 0 aliphatic carbocycles. The number of hydrogen-bond acceptors (Lipinski definition) is 17. The molecule has 0 aromatic carbocycles. The number of Topliss-reactive ketones (excluding diaryl/α,β-unsaturated/α-hetero) is 3. The molecule has 0 aliphatic heterocycles. The molecule has 5 atom stereocenters. The molecule has 1 unspecified atom stereocenters. The first-order valence-corrected chi connectivity index (χ1v) is 30.0. The van der Waals surface area contributed by atoms with Gasteiger partial charge in [0.05, 0.1) is 44.9 Å². The summed E-state index contributed by atoms with van der Waals surface area (Å²) >= 11 is 0. The predicted octanol–water partition coefficient (Wildman–Crippen LogP) is 5.03. The SMILES string of the molecule is CCNC(=O)COCCOCC(N)NC(=O)CC[C@H](CC(=O)CCCCCCCCCCCCCCCCC(=O)O)C(=O)O.CCOCCOCC(=O)C[C@@H](CCC(=O)N[C@@H](CCC(=O)NCCCC[C@H](CC)C(=O)CO)C(=O)O)C(=O)O. The summed E-state index contributed by atoms with van der Waals surface area (Å²) in [6, 6.07) is -1.33. The maximum Gasteiger partial charge on any atom is 0.326 e. The smallest absolute Gasteiger partial charge is 0.326 e. The van der Waals surface area contributed by atoms with Crippen LogP contribution in [-0.2, 0) is 71.7 Å². The minimum absolute atomic E-state index is 0.0387. The van der Waals surface area contributed by atoms with Crippen molar-refractivity contribution in [3.63, 3.8) is 0 Å². The Morgan fingerprint density at radius 2 is 0.928 bits per heavy atom. The summed E-state index contributed by atoms with van der Waals surface area (Å²) in [5.74, 6) is -9.02. The summed E-state index contributed by atoms with van der Waals surface area (Å²) in [5.41, 5.74) is 5.83. The van der Waals surface area contributed by atoms with Gasteiger partial charge in [0, 0.05) is 70.6 Å². The van der Waals surface area contributed by atoms with Crippen molar-refractivity contribution in [2.45, 2.75) is 213 Å². The molecule has 0 fully saturated rings. The van der Waals surface area contributed by atoms with Crippen molar-refractivity contribution >= 4 is 64.9 Å². The number of carboxylic acids is 4. The number of aliphatic hydroxyl groups excluding tert-OH is 1. The van der Waals surface area contributed by atoms with Crippen LogP contribution in [-0.4, -0.2) is 175 Å². The van der Waals surface area contributed by atoms with E-state index in [0.29, 0.717) is 58.4 Å². The molecule has 0 aromatic heterocycles. The second-order valence-electron chi connectivity index (χ2n) is 20.6. The fraction of sp³-hybridized carbons (Fsp3) is 0.810. The molecule has 0 aromatic rings. The Morgan fingerprint density at radius 1 is 0.446 bits per heavy atom. The molecule has 0 saturated heterocycles. The number of carbonyl (C=O) groups is 11. The van der Waals surface area contributed by atoms with Crippen molar-refractivity contribution in [2.75, 3.05) is 72.6 Å². The van der Waals surface area contributed by atoms with Gasteiger partial charge in [0.1, 0.15) is 37.8 Å². The van der Waals surface area contributed by atoms with Crippen LogP contribution < -0.4 is 27.0 Å².